The molecule has 5 rings (SSSR count). The van der Waals surface area contributed by atoms with Crippen LogP contribution in [0.15, 0.2) is 18.2 Å². The molecule has 0 saturated heterocycles. The lowest BCUT2D eigenvalue weighted by molar-refractivity contribution is -0.00280. The second kappa shape index (κ2) is 3.85. The maximum Gasteiger partial charge on any atom is -0.0105 e. The third-order valence-corrected chi connectivity index (χ3v) is 5.86. The van der Waals surface area contributed by atoms with Crippen LogP contribution in [0.4, 0.5) is 0 Å². The van der Waals surface area contributed by atoms with Gasteiger partial charge in [0.2, 0.25) is 0 Å². The average Bonchev–Trinajstić information content (AvgIpc) is 2.25. The minimum absolute atomic E-state index is 0.899. The zero-order chi connectivity index (χ0) is 12.3. The van der Waals surface area contributed by atoms with E-state index in [0.717, 1.165) is 29.6 Å². The summed E-state index contributed by atoms with van der Waals surface area (Å²) >= 11 is 0. The molecular formula is C18H24. The van der Waals surface area contributed by atoms with Gasteiger partial charge in [0.1, 0.15) is 0 Å². The lowest BCUT2D eigenvalue weighted by Crippen LogP contribution is -2.43. The molecule has 4 bridgehead atoms. The molecule has 18 heavy (non-hydrogen) atoms. The predicted molar refractivity (Wildman–Crippen MR) is 75.7 cm³/mol. The standard InChI is InChI=1S/C18H24/c1-11-3-12(2)5-15(4-11)18-16-7-13-6-14(9-16)10-17(18)8-13/h3-5,13-14,16-18H,6-10H2,1-2H3. The first-order chi connectivity index (χ1) is 8.69. The van der Waals surface area contributed by atoms with Crippen molar-refractivity contribution in [2.45, 2.75) is 51.9 Å². The first-order valence-corrected chi connectivity index (χ1v) is 7.77. The highest BCUT2D eigenvalue weighted by Gasteiger charge is 2.48. The summed E-state index contributed by atoms with van der Waals surface area (Å²) in [6.45, 7) is 4.51. The molecule has 0 aromatic heterocycles. The topological polar surface area (TPSA) is 0 Å². The minimum atomic E-state index is 0.899. The molecule has 4 aliphatic carbocycles. The van der Waals surface area contributed by atoms with Gasteiger partial charge in [-0.25, -0.2) is 0 Å². The summed E-state index contributed by atoms with van der Waals surface area (Å²) in [5.41, 5.74) is 4.58. The largest absolute Gasteiger partial charge is 0.0564 e. The zero-order valence-corrected chi connectivity index (χ0v) is 11.7. The molecule has 0 unspecified atom stereocenters. The van der Waals surface area contributed by atoms with E-state index in [1.807, 2.05) is 0 Å². The fourth-order valence-corrected chi connectivity index (χ4v) is 5.67. The summed E-state index contributed by atoms with van der Waals surface area (Å²) in [5, 5.41) is 0. The van der Waals surface area contributed by atoms with Gasteiger partial charge in [-0.2, -0.15) is 0 Å². The average molecular weight is 240 g/mol. The van der Waals surface area contributed by atoms with E-state index in [9.17, 15) is 0 Å². The van der Waals surface area contributed by atoms with Gasteiger partial charge in [0.05, 0.1) is 0 Å². The van der Waals surface area contributed by atoms with Crippen molar-refractivity contribution < 1.29 is 0 Å². The van der Waals surface area contributed by atoms with Crippen LogP contribution in [0.1, 0.15) is 54.7 Å². The van der Waals surface area contributed by atoms with Crippen LogP contribution in [0.2, 0.25) is 0 Å². The van der Waals surface area contributed by atoms with E-state index >= 15 is 0 Å². The van der Waals surface area contributed by atoms with Crippen molar-refractivity contribution in [2.75, 3.05) is 0 Å². The molecule has 0 atom stereocenters. The Balaban J connectivity index is 1.72. The first kappa shape index (κ1) is 11.1. The van der Waals surface area contributed by atoms with Gasteiger partial charge < -0.3 is 0 Å². The molecule has 0 heterocycles. The fraction of sp³-hybridized carbons (Fsp3) is 0.667. The van der Waals surface area contributed by atoms with Crippen LogP contribution in [0.3, 0.4) is 0 Å². The van der Waals surface area contributed by atoms with E-state index in [1.54, 1.807) is 12.0 Å². The Morgan fingerprint density at radius 3 is 1.72 bits per heavy atom. The maximum absolute atomic E-state index is 2.47. The molecule has 1 aromatic rings. The normalized spacial score (nSPS) is 41.3. The summed E-state index contributed by atoms with van der Waals surface area (Å²) in [6, 6.07) is 7.26. The van der Waals surface area contributed by atoms with E-state index in [-0.39, 0.29) is 0 Å². The van der Waals surface area contributed by atoms with E-state index in [0.29, 0.717) is 0 Å². The van der Waals surface area contributed by atoms with E-state index in [2.05, 4.69) is 32.0 Å². The van der Waals surface area contributed by atoms with Gasteiger partial charge in [0, 0.05) is 0 Å². The smallest absolute Gasteiger partial charge is 0.0105 e. The molecule has 4 fully saturated rings. The Morgan fingerprint density at radius 1 is 0.722 bits per heavy atom. The molecule has 96 valence electrons. The third-order valence-electron chi connectivity index (χ3n) is 5.86. The van der Waals surface area contributed by atoms with Gasteiger partial charge in [-0.1, -0.05) is 29.3 Å². The zero-order valence-electron chi connectivity index (χ0n) is 11.7. The lowest BCUT2D eigenvalue weighted by Gasteiger charge is -2.54. The fourth-order valence-electron chi connectivity index (χ4n) is 5.67. The molecular weight excluding hydrogens is 216 g/mol. The lowest BCUT2D eigenvalue weighted by atomic mass is 9.50. The summed E-state index contributed by atoms with van der Waals surface area (Å²) in [4.78, 5) is 0. The van der Waals surface area contributed by atoms with Gasteiger partial charge in [-0.05, 0) is 81.1 Å². The monoisotopic (exact) mass is 240 g/mol. The van der Waals surface area contributed by atoms with Gasteiger partial charge in [-0.3, -0.25) is 0 Å². The van der Waals surface area contributed by atoms with Crippen molar-refractivity contribution >= 4 is 0 Å². The Labute approximate surface area is 111 Å². The van der Waals surface area contributed by atoms with Crippen LogP contribution >= 0.6 is 0 Å². The van der Waals surface area contributed by atoms with Crippen LogP contribution in [-0.4, -0.2) is 0 Å². The Kier molecular flexibility index (Phi) is 2.37. The van der Waals surface area contributed by atoms with Gasteiger partial charge in [0.25, 0.3) is 0 Å². The van der Waals surface area contributed by atoms with Gasteiger partial charge >= 0.3 is 0 Å². The SMILES string of the molecule is Cc1cc(C)cc(C2C3CC4CC(C3)CC2C4)c1. The van der Waals surface area contributed by atoms with Crippen LogP contribution in [-0.2, 0) is 0 Å². The third kappa shape index (κ3) is 1.65. The van der Waals surface area contributed by atoms with Crippen LogP contribution < -0.4 is 0 Å². The van der Waals surface area contributed by atoms with Crippen LogP contribution in [0, 0.1) is 37.5 Å². The van der Waals surface area contributed by atoms with E-state index < -0.39 is 0 Å². The van der Waals surface area contributed by atoms with Crippen molar-refractivity contribution in [1.82, 2.24) is 0 Å². The second-order valence-electron chi connectivity index (χ2n) is 7.38. The molecule has 0 heteroatoms. The first-order valence-electron chi connectivity index (χ1n) is 7.77. The summed E-state index contributed by atoms with van der Waals surface area (Å²) in [5.74, 6) is 5.12. The highest BCUT2D eigenvalue weighted by atomic mass is 14.5. The number of hydrogen-bond donors (Lipinski definition) is 0. The quantitative estimate of drug-likeness (QED) is 0.658. The molecule has 0 spiro atoms. The molecule has 0 aliphatic heterocycles. The van der Waals surface area contributed by atoms with E-state index in [4.69, 9.17) is 0 Å². The Morgan fingerprint density at radius 2 is 1.22 bits per heavy atom. The molecule has 0 N–H and O–H groups in total. The molecule has 4 aliphatic rings. The summed E-state index contributed by atoms with van der Waals surface area (Å²) in [6.07, 6.45) is 7.69. The van der Waals surface area contributed by atoms with Gasteiger partial charge in [0.15, 0.2) is 0 Å². The Bertz CT molecular complexity index is 423. The van der Waals surface area contributed by atoms with Crippen molar-refractivity contribution in [3.05, 3.63) is 34.9 Å². The molecule has 0 radical (unpaired) electrons. The number of rotatable bonds is 1. The predicted octanol–water partition coefficient (Wildman–Crippen LogP) is 4.84. The van der Waals surface area contributed by atoms with Crippen LogP contribution in [0.5, 0.6) is 0 Å². The summed E-state index contributed by atoms with van der Waals surface area (Å²) in [7, 11) is 0. The molecule has 4 saturated carbocycles. The van der Waals surface area contributed by atoms with E-state index in [1.165, 1.54) is 36.8 Å². The maximum atomic E-state index is 2.47. The van der Waals surface area contributed by atoms with Crippen molar-refractivity contribution in [3.63, 3.8) is 0 Å². The number of aryl methyl sites for hydroxylation is 2. The molecule has 0 amide bonds. The highest BCUT2D eigenvalue weighted by molar-refractivity contribution is 5.33. The Hall–Kier alpha value is -0.780. The second-order valence-corrected chi connectivity index (χ2v) is 7.38. The number of hydrogen-bond acceptors (Lipinski definition) is 0. The molecule has 1 aromatic carbocycles. The minimum Gasteiger partial charge on any atom is -0.0564 e. The van der Waals surface area contributed by atoms with Crippen LogP contribution in [0.25, 0.3) is 0 Å². The van der Waals surface area contributed by atoms with Crippen molar-refractivity contribution in [2.24, 2.45) is 23.7 Å². The molecule has 0 nitrogen and oxygen atoms in total. The number of benzene rings is 1. The van der Waals surface area contributed by atoms with Crippen molar-refractivity contribution in [1.29, 1.82) is 0 Å². The van der Waals surface area contributed by atoms with Crippen molar-refractivity contribution in [3.8, 4) is 0 Å². The summed E-state index contributed by atoms with van der Waals surface area (Å²) < 4.78 is 0. The van der Waals surface area contributed by atoms with Gasteiger partial charge in [-0.15, -0.1) is 0 Å². The highest BCUT2D eigenvalue weighted by Crippen LogP contribution is 2.59.